The number of nitrogens with one attached hydrogen (secondary N) is 1. The van der Waals surface area contributed by atoms with Crippen LogP contribution in [0.2, 0.25) is 0 Å². The highest BCUT2D eigenvalue weighted by atomic mass is 16.5. The summed E-state index contributed by atoms with van der Waals surface area (Å²) >= 11 is 0. The number of aliphatic hydroxyl groups is 1. The van der Waals surface area contributed by atoms with Crippen molar-refractivity contribution in [2.45, 2.75) is 58.1 Å². The molecule has 2 N–H and O–H groups in total. The summed E-state index contributed by atoms with van der Waals surface area (Å²) in [4.78, 5) is 2.47. The first kappa shape index (κ1) is 16.9. The van der Waals surface area contributed by atoms with E-state index in [1.54, 1.807) is 0 Å². The molecule has 4 nitrogen and oxygen atoms in total. The normalized spacial score (nSPS) is 22.9. The monoisotopic (exact) mass is 272 g/mol. The molecule has 1 rings (SSSR count). The van der Waals surface area contributed by atoms with Crippen molar-refractivity contribution in [3.8, 4) is 0 Å². The summed E-state index contributed by atoms with van der Waals surface area (Å²) in [5.41, 5.74) is -0.127. The Bertz CT molecular complexity index is 232. The fraction of sp³-hybridized carbons (Fsp3) is 1.00. The van der Waals surface area contributed by atoms with Crippen LogP contribution < -0.4 is 5.32 Å². The standard InChI is InChI=1S/C15H32N2O2/c1-4-16-15(3,13-18)9-7-10-17(5-2)12-14-8-6-11-19-14/h14,16,18H,4-13H2,1-3H3. The van der Waals surface area contributed by atoms with E-state index in [4.69, 9.17) is 4.74 Å². The van der Waals surface area contributed by atoms with Crippen LogP contribution in [0.5, 0.6) is 0 Å². The minimum Gasteiger partial charge on any atom is -0.394 e. The van der Waals surface area contributed by atoms with Crippen molar-refractivity contribution in [3.63, 3.8) is 0 Å². The zero-order chi connectivity index (χ0) is 14.1. The minimum absolute atomic E-state index is 0.127. The van der Waals surface area contributed by atoms with Crippen molar-refractivity contribution in [2.24, 2.45) is 0 Å². The van der Waals surface area contributed by atoms with Crippen molar-refractivity contribution in [1.29, 1.82) is 0 Å². The van der Waals surface area contributed by atoms with E-state index in [1.807, 2.05) is 0 Å². The third kappa shape index (κ3) is 6.21. The lowest BCUT2D eigenvalue weighted by Gasteiger charge is -2.30. The van der Waals surface area contributed by atoms with E-state index in [1.165, 1.54) is 12.8 Å². The Hall–Kier alpha value is -0.160. The molecule has 0 aliphatic carbocycles. The first-order chi connectivity index (χ1) is 9.13. The predicted octanol–water partition coefficient (Wildman–Crippen LogP) is 1.63. The smallest absolute Gasteiger partial charge is 0.0702 e. The Labute approximate surface area is 118 Å². The van der Waals surface area contributed by atoms with Gasteiger partial charge in [-0.1, -0.05) is 13.8 Å². The van der Waals surface area contributed by atoms with E-state index < -0.39 is 0 Å². The van der Waals surface area contributed by atoms with Crippen LogP contribution >= 0.6 is 0 Å². The molecule has 0 aromatic rings. The molecular weight excluding hydrogens is 240 g/mol. The van der Waals surface area contributed by atoms with Crippen molar-refractivity contribution in [1.82, 2.24) is 10.2 Å². The zero-order valence-corrected chi connectivity index (χ0v) is 13.0. The number of aliphatic hydroxyl groups excluding tert-OH is 1. The van der Waals surface area contributed by atoms with Crippen molar-refractivity contribution < 1.29 is 9.84 Å². The van der Waals surface area contributed by atoms with Crippen molar-refractivity contribution >= 4 is 0 Å². The van der Waals surface area contributed by atoms with Gasteiger partial charge in [0.1, 0.15) is 0 Å². The van der Waals surface area contributed by atoms with E-state index in [0.717, 1.165) is 45.6 Å². The molecule has 1 saturated heterocycles. The van der Waals surface area contributed by atoms with E-state index >= 15 is 0 Å². The van der Waals surface area contributed by atoms with Crippen molar-refractivity contribution in [3.05, 3.63) is 0 Å². The van der Waals surface area contributed by atoms with Gasteiger partial charge >= 0.3 is 0 Å². The number of hydrogen-bond acceptors (Lipinski definition) is 4. The van der Waals surface area contributed by atoms with Crippen LogP contribution in [0.4, 0.5) is 0 Å². The number of rotatable bonds is 10. The van der Waals surface area contributed by atoms with Gasteiger partial charge in [0, 0.05) is 18.7 Å². The first-order valence-corrected chi connectivity index (χ1v) is 7.83. The summed E-state index contributed by atoms with van der Waals surface area (Å²) in [6.45, 7) is 11.7. The molecule has 0 radical (unpaired) electrons. The van der Waals surface area contributed by atoms with Gasteiger partial charge in [0.05, 0.1) is 12.7 Å². The van der Waals surface area contributed by atoms with Gasteiger partial charge in [-0.25, -0.2) is 0 Å². The van der Waals surface area contributed by atoms with E-state index in [-0.39, 0.29) is 12.1 Å². The molecule has 114 valence electrons. The molecule has 1 aliphatic rings. The highest BCUT2D eigenvalue weighted by Gasteiger charge is 2.22. The van der Waals surface area contributed by atoms with Crippen LogP contribution in [0.25, 0.3) is 0 Å². The summed E-state index contributed by atoms with van der Waals surface area (Å²) in [6.07, 6.45) is 5.00. The molecule has 0 aromatic heterocycles. The molecular formula is C15H32N2O2. The second-order valence-electron chi connectivity index (χ2n) is 5.88. The van der Waals surface area contributed by atoms with Crippen LogP contribution in [0, 0.1) is 0 Å². The average molecular weight is 272 g/mol. The lowest BCUT2D eigenvalue weighted by Crippen LogP contribution is -2.46. The number of ether oxygens (including phenoxy) is 1. The molecule has 0 bridgehead atoms. The van der Waals surface area contributed by atoms with Crippen LogP contribution in [-0.2, 0) is 4.74 Å². The van der Waals surface area contributed by atoms with E-state index in [2.05, 4.69) is 31.0 Å². The van der Waals surface area contributed by atoms with Gasteiger partial charge in [-0.3, -0.25) is 0 Å². The maximum atomic E-state index is 9.47. The summed E-state index contributed by atoms with van der Waals surface area (Å²) in [6, 6.07) is 0. The minimum atomic E-state index is -0.127. The molecule has 19 heavy (non-hydrogen) atoms. The summed E-state index contributed by atoms with van der Waals surface area (Å²) in [5, 5.41) is 12.9. The Morgan fingerprint density at radius 3 is 2.74 bits per heavy atom. The zero-order valence-electron chi connectivity index (χ0n) is 13.0. The van der Waals surface area contributed by atoms with Gasteiger partial charge < -0.3 is 20.1 Å². The van der Waals surface area contributed by atoms with E-state index in [9.17, 15) is 5.11 Å². The van der Waals surface area contributed by atoms with Crippen LogP contribution in [-0.4, -0.2) is 61.0 Å². The fourth-order valence-corrected chi connectivity index (χ4v) is 2.80. The molecule has 0 amide bonds. The van der Waals surface area contributed by atoms with E-state index in [0.29, 0.717) is 6.10 Å². The van der Waals surface area contributed by atoms with Gasteiger partial charge in [0.25, 0.3) is 0 Å². The molecule has 4 heteroatoms. The van der Waals surface area contributed by atoms with Crippen LogP contribution in [0.3, 0.4) is 0 Å². The summed E-state index contributed by atoms with van der Waals surface area (Å²) < 4.78 is 5.70. The van der Waals surface area contributed by atoms with Gasteiger partial charge in [-0.05, 0) is 52.2 Å². The second kappa shape index (κ2) is 8.90. The Morgan fingerprint density at radius 1 is 1.42 bits per heavy atom. The molecule has 1 aliphatic heterocycles. The Balaban J connectivity index is 2.24. The molecule has 2 atom stereocenters. The molecule has 0 saturated carbocycles. The first-order valence-electron chi connectivity index (χ1n) is 7.83. The third-order valence-electron chi connectivity index (χ3n) is 4.09. The van der Waals surface area contributed by atoms with Crippen molar-refractivity contribution in [2.75, 3.05) is 39.4 Å². The summed E-state index contributed by atoms with van der Waals surface area (Å²) in [5.74, 6) is 0. The number of likely N-dealkylation sites (N-methyl/N-ethyl adjacent to an activating group) is 2. The lowest BCUT2D eigenvalue weighted by molar-refractivity contribution is 0.0725. The number of hydrogen-bond donors (Lipinski definition) is 2. The molecule has 1 heterocycles. The van der Waals surface area contributed by atoms with Gasteiger partial charge in [-0.15, -0.1) is 0 Å². The molecule has 2 unspecified atom stereocenters. The Kier molecular flexibility index (Phi) is 7.91. The quantitative estimate of drug-likeness (QED) is 0.634. The third-order valence-corrected chi connectivity index (χ3v) is 4.09. The Morgan fingerprint density at radius 2 is 2.21 bits per heavy atom. The fourth-order valence-electron chi connectivity index (χ4n) is 2.80. The van der Waals surface area contributed by atoms with Crippen LogP contribution in [0.1, 0.15) is 46.5 Å². The van der Waals surface area contributed by atoms with Crippen LogP contribution in [0.15, 0.2) is 0 Å². The second-order valence-corrected chi connectivity index (χ2v) is 5.88. The largest absolute Gasteiger partial charge is 0.394 e. The lowest BCUT2D eigenvalue weighted by atomic mass is 9.96. The van der Waals surface area contributed by atoms with Gasteiger partial charge in [0.2, 0.25) is 0 Å². The number of nitrogens with zero attached hydrogens (tertiary/aromatic N) is 1. The van der Waals surface area contributed by atoms with Gasteiger partial charge in [0.15, 0.2) is 0 Å². The average Bonchev–Trinajstić information content (AvgIpc) is 2.91. The highest BCUT2D eigenvalue weighted by Crippen LogP contribution is 2.15. The SMILES string of the molecule is CCNC(C)(CO)CCCN(CC)CC1CCCO1. The van der Waals surface area contributed by atoms with Gasteiger partial charge in [-0.2, -0.15) is 0 Å². The summed E-state index contributed by atoms with van der Waals surface area (Å²) in [7, 11) is 0. The highest BCUT2D eigenvalue weighted by molar-refractivity contribution is 4.82. The molecule has 1 fully saturated rings. The predicted molar refractivity (Wildman–Crippen MR) is 79.5 cm³/mol. The maximum Gasteiger partial charge on any atom is 0.0702 e. The molecule has 0 spiro atoms. The maximum absolute atomic E-state index is 9.47. The molecule has 0 aromatic carbocycles. The topological polar surface area (TPSA) is 44.7 Å².